The summed E-state index contributed by atoms with van der Waals surface area (Å²) < 4.78 is 34.7. The van der Waals surface area contributed by atoms with E-state index < -0.39 is 10.0 Å². The molecular weight excluding hydrogens is 498 g/mol. The van der Waals surface area contributed by atoms with Crippen molar-refractivity contribution in [3.63, 3.8) is 0 Å². The Balaban J connectivity index is 1.72. The first-order chi connectivity index (χ1) is 14.8. The van der Waals surface area contributed by atoms with E-state index in [-0.39, 0.29) is 4.90 Å². The average molecular weight is 520 g/mol. The van der Waals surface area contributed by atoms with Crippen molar-refractivity contribution >= 4 is 60.3 Å². The van der Waals surface area contributed by atoms with Gasteiger partial charge in [-0.1, -0.05) is 22.0 Å². The molecule has 162 valence electrons. The zero-order chi connectivity index (χ0) is 22.4. The third-order valence-electron chi connectivity index (χ3n) is 4.26. The summed E-state index contributed by atoms with van der Waals surface area (Å²) in [5, 5.41) is 6.45. The normalized spacial score (nSPS) is 10.9. The van der Waals surface area contributed by atoms with Crippen molar-refractivity contribution in [1.29, 1.82) is 0 Å². The average Bonchev–Trinajstić information content (AvgIpc) is 2.72. The lowest BCUT2D eigenvalue weighted by Gasteiger charge is -2.14. The maximum Gasteiger partial charge on any atom is 0.262 e. The third kappa shape index (κ3) is 6.43. The molecule has 31 heavy (non-hydrogen) atoms. The number of ether oxygens (including phenoxy) is 1. The number of rotatable bonds is 7. The van der Waals surface area contributed by atoms with Crippen LogP contribution in [-0.4, -0.2) is 20.1 Å². The van der Waals surface area contributed by atoms with Gasteiger partial charge in [0.1, 0.15) is 5.75 Å². The summed E-state index contributed by atoms with van der Waals surface area (Å²) in [5.74, 6) is 0.776. The lowest BCUT2D eigenvalue weighted by atomic mass is 10.2. The number of hydrogen-bond donors (Lipinski definition) is 3. The second kappa shape index (κ2) is 10.1. The Morgan fingerprint density at radius 3 is 2.16 bits per heavy atom. The molecule has 0 aromatic heterocycles. The van der Waals surface area contributed by atoms with Gasteiger partial charge in [-0.05, 0) is 92.3 Å². The van der Waals surface area contributed by atoms with Gasteiger partial charge in [0.2, 0.25) is 0 Å². The number of aryl methyl sites for hydroxylation is 1. The van der Waals surface area contributed by atoms with Crippen molar-refractivity contribution in [2.45, 2.75) is 18.7 Å². The van der Waals surface area contributed by atoms with Crippen LogP contribution in [0.25, 0.3) is 0 Å². The monoisotopic (exact) mass is 519 g/mol. The van der Waals surface area contributed by atoms with Crippen LogP contribution >= 0.6 is 28.1 Å². The molecule has 0 unspecified atom stereocenters. The number of halogens is 1. The first-order valence-electron chi connectivity index (χ1n) is 9.47. The number of benzene rings is 3. The molecule has 0 aliphatic heterocycles. The van der Waals surface area contributed by atoms with Gasteiger partial charge in [0.05, 0.1) is 11.5 Å². The second-order valence-electron chi connectivity index (χ2n) is 6.63. The largest absolute Gasteiger partial charge is 0.494 e. The highest BCUT2D eigenvalue weighted by Gasteiger charge is 2.18. The van der Waals surface area contributed by atoms with E-state index in [9.17, 15) is 8.42 Å². The predicted octanol–water partition coefficient (Wildman–Crippen LogP) is 5.77. The minimum atomic E-state index is -3.77. The van der Waals surface area contributed by atoms with E-state index in [2.05, 4.69) is 31.3 Å². The van der Waals surface area contributed by atoms with Crippen LogP contribution in [0.15, 0.2) is 76.1 Å². The number of hydrogen-bond acceptors (Lipinski definition) is 4. The van der Waals surface area contributed by atoms with Gasteiger partial charge in [-0.25, -0.2) is 8.42 Å². The number of thiocarbonyl (C=S) groups is 1. The van der Waals surface area contributed by atoms with Crippen LogP contribution in [0.2, 0.25) is 0 Å². The minimum Gasteiger partial charge on any atom is -0.494 e. The van der Waals surface area contributed by atoms with E-state index in [1.54, 1.807) is 49.4 Å². The third-order valence-corrected chi connectivity index (χ3v) is 6.51. The molecule has 3 rings (SSSR count). The standard InChI is InChI=1S/C22H22BrN3O3S2/c1-3-29-20-12-10-17(11-13-20)24-22(30)25-19-7-4-15(2)21(14-19)31(27,28)26-18-8-5-16(23)6-9-18/h4-14,26H,3H2,1-2H3,(H2,24,25,30). The highest BCUT2D eigenvalue weighted by molar-refractivity contribution is 9.10. The Bertz CT molecular complexity index is 1170. The maximum atomic E-state index is 12.9. The predicted molar refractivity (Wildman–Crippen MR) is 134 cm³/mol. The lowest BCUT2D eigenvalue weighted by Crippen LogP contribution is -2.20. The van der Waals surface area contributed by atoms with Crippen LogP contribution in [0.5, 0.6) is 5.75 Å². The Morgan fingerprint density at radius 2 is 1.52 bits per heavy atom. The van der Waals surface area contributed by atoms with E-state index in [1.807, 2.05) is 31.2 Å². The lowest BCUT2D eigenvalue weighted by molar-refractivity contribution is 0.340. The number of nitrogens with one attached hydrogen (secondary N) is 3. The van der Waals surface area contributed by atoms with Crippen molar-refractivity contribution in [2.75, 3.05) is 22.0 Å². The fourth-order valence-electron chi connectivity index (χ4n) is 2.79. The van der Waals surface area contributed by atoms with Crippen LogP contribution < -0.4 is 20.1 Å². The molecule has 0 saturated carbocycles. The number of sulfonamides is 1. The Morgan fingerprint density at radius 1 is 0.935 bits per heavy atom. The van der Waals surface area contributed by atoms with Crippen LogP contribution in [0.4, 0.5) is 17.1 Å². The van der Waals surface area contributed by atoms with Crippen molar-refractivity contribution in [3.8, 4) is 5.75 Å². The SMILES string of the molecule is CCOc1ccc(NC(=S)Nc2ccc(C)c(S(=O)(=O)Nc3ccc(Br)cc3)c2)cc1. The van der Waals surface area contributed by atoms with Crippen molar-refractivity contribution in [1.82, 2.24) is 0 Å². The highest BCUT2D eigenvalue weighted by atomic mass is 79.9. The van der Waals surface area contributed by atoms with E-state index >= 15 is 0 Å². The van der Waals surface area contributed by atoms with Gasteiger partial charge in [-0.2, -0.15) is 0 Å². The topological polar surface area (TPSA) is 79.5 Å². The van der Waals surface area contributed by atoms with Crippen molar-refractivity contribution in [2.24, 2.45) is 0 Å². The van der Waals surface area contributed by atoms with Crippen molar-refractivity contribution < 1.29 is 13.2 Å². The van der Waals surface area contributed by atoms with Gasteiger partial charge in [0, 0.05) is 21.5 Å². The minimum absolute atomic E-state index is 0.171. The fourth-order valence-corrected chi connectivity index (χ4v) is 4.62. The van der Waals surface area contributed by atoms with Gasteiger partial charge in [-0.15, -0.1) is 0 Å². The molecule has 0 aliphatic carbocycles. The molecule has 3 aromatic rings. The molecule has 9 heteroatoms. The highest BCUT2D eigenvalue weighted by Crippen LogP contribution is 2.24. The van der Waals surface area contributed by atoms with E-state index in [4.69, 9.17) is 17.0 Å². The maximum absolute atomic E-state index is 12.9. The molecule has 0 atom stereocenters. The summed E-state index contributed by atoms with van der Waals surface area (Å²) >= 11 is 8.70. The Hall–Kier alpha value is -2.62. The van der Waals surface area contributed by atoms with E-state index in [0.29, 0.717) is 28.7 Å². The summed E-state index contributed by atoms with van der Waals surface area (Å²) in [6, 6.07) is 19.4. The van der Waals surface area contributed by atoms with Crippen molar-refractivity contribution in [3.05, 3.63) is 76.8 Å². The summed E-state index contributed by atoms with van der Waals surface area (Å²) in [4.78, 5) is 0.171. The molecule has 0 heterocycles. The summed E-state index contributed by atoms with van der Waals surface area (Å²) in [7, 11) is -3.77. The summed E-state index contributed by atoms with van der Waals surface area (Å²) in [6.07, 6.45) is 0. The molecule has 0 radical (unpaired) electrons. The Kier molecular flexibility index (Phi) is 7.53. The van der Waals surface area contributed by atoms with Crippen LogP contribution in [0.1, 0.15) is 12.5 Å². The molecule has 0 aliphatic rings. The zero-order valence-corrected chi connectivity index (χ0v) is 20.2. The quantitative estimate of drug-likeness (QED) is 0.344. The van der Waals surface area contributed by atoms with Crippen LogP contribution in [0, 0.1) is 6.92 Å². The van der Waals surface area contributed by atoms with Gasteiger partial charge < -0.3 is 15.4 Å². The van der Waals surface area contributed by atoms with E-state index in [0.717, 1.165) is 15.9 Å². The first kappa shape index (κ1) is 23.1. The Labute approximate surface area is 196 Å². The molecule has 0 fully saturated rings. The molecule has 0 spiro atoms. The van der Waals surface area contributed by atoms with Gasteiger partial charge >= 0.3 is 0 Å². The zero-order valence-electron chi connectivity index (χ0n) is 17.0. The summed E-state index contributed by atoms with van der Waals surface area (Å²) in [5.41, 5.74) is 2.46. The fraction of sp³-hybridized carbons (Fsp3) is 0.136. The molecule has 3 N–H and O–H groups in total. The number of anilines is 3. The van der Waals surface area contributed by atoms with E-state index in [1.165, 1.54) is 0 Å². The molecule has 6 nitrogen and oxygen atoms in total. The molecule has 0 amide bonds. The van der Waals surface area contributed by atoms with Gasteiger partial charge in [0.25, 0.3) is 10.0 Å². The van der Waals surface area contributed by atoms with Gasteiger partial charge in [0.15, 0.2) is 5.11 Å². The van der Waals surface area contributed by atoms with Crippen LogP contribution in [-0.2, 0) is 10.0 Å². The summed E-state index contributed by atoms with van der Waals surface area (Å²) in [6.45, 7) is 4.27. The molecule has 0 bridgehead atoms. The van der Waals surface area contributed by atoms with Gasteiger partial charge in [-0.3, -0.25) is 4.72 Å². The smallest absolute Gasteiger partial charge is 0.262 e. The molecule has 0 saturated heterocycles. The first-order valence-corrected chi connectivity index (χ1v) is 12.1. The molecular formula is C22H22BrN3O3S2. The van der Waals surface area contributed by atoms with Crippen LogP contribution in [0.3, 0.4) is 0 Å². The molecule has 3 aromatic carbocycles. The second-order valence-corrected chi connectivity index (χ2v) is 9.60.